The Morgan fingerprint density at radius 2 is 2.11 bits per heavy atom. The molecule has 144 valence electrons. The standard InChI is InChI=1S/C17H18F2N4O4/c18-16(19)13-6-11(9-1-2-9)20-14-7-12(21-23(13)14)17(26)22-3-4-27-10(8-22)5-15(24)25/h6-7,9-10,16H,1-5,8H2,(H,24,25). The van der Waals surface area contributed by atoms with Crippen molar-refractivity contribution in [1.82, 2.24) is 19.5 Å². The first-order valence-electron chi connectivity index (χ1n) is 8.74. The summed E-state index contributed by atoms with van der Waals surface area (Å²) in [4.78, 5) is 29.4. The third-order valence-corrected chi connectivity index (χ3v) is 4.74. The number of hydrogen-bond acceptors (Lipinski definition) is 5. The van der Waals surface area contributed by atoms with Crippen molar-refractivity contribution in [3.8, 4) is 0 Å². The van der Waals surface area contributed by atoms with E-state index in [1.54, 1.807) is 0 Å². The van der Waals surface area contributed by atoms with Crippen LogP contribution in [0.15, 0.2) is 12.1 Å². The lowest BCUT2D eigenvalue weighted by atomic mass is 10.2. The highest BCUT2D eigenvalue weighted by Gasteiger charge is 2.30. The Morgan fingerprint density at radius 1 is 1.33 bits per heavy atom. The molecule has 2 aromatic rings. The predicted octanol–water partition coefficient (Wildman–Crippen LogP) is 1.86. The van der Waals surface area contributed by atoms with Crippen LogP contribution >= 0.6 is 0 Å². The predicted molar refractivity (Wildman–Crippen MR) is 87.8 cm³/mol. The number of hydrogen-bond donors (Lipinski definition) is 1. The van der Waals surface area contributed by atoms with Crippen LogP contribution in [0.3, 0.4) is 0 Å². The zero-order valence-corrected chi connectivity index (χ0v) is 14.3. The molecule has 0 aromatic carbocycles. The van der Waals surface area contributed by atoms with E-state index in [2.05, 4.69) is 10.1 Å². The number of amides is 1. The Kier molecular flexibility index (Phi) is 4.50. The number of carboxylic acid groups (broad SMARTS) is 1. The van der Waals surface area contributed by atoms with Crippen LogP contribution in [0.1, 0.15) is 53.5 Å². The molecule has 1 amide bonds. The van der Waals surface area contributed by atoms with E-state index in [1.807, 2.05) is 0 Å². The number of ether oxygens (including phenoxy) is 1. The van der Waals surface area contributed by atoms with Crippen molar-refractivity contribution in [1.29, 1.82) is 0 Å². The van der Waals surface area contributed by atoms with Gasteiger partial charge in [-0.05, 0) is 18.9 Å². The molecular weight excluding hydrogens is 362 g/mol. The van der Waals surface area contributed by atoms with E-state index >= 15 is 0 Å². The lowest BCUT2D eigenvalue weighted by molar-refractivity contribution is -0.141. The molecule has 2 aliphatic rings. The minimum Gasteiger partial charge on any atom is -0.481 e. The number of carboxylic acids is 1. The minimum atomic E-state index is -2.74. The van der Waals surface area contributed by atoms with E-state index in [9.17, 15) is 18.4 Å². The van der Waals surface area contributed by atoms with Crippen LogP contribution in [0.25, 0.3) is 5.65 Å². The number of aromatic nitrogens is 3. The highest BCUT2D eigenvalue weighted by atomic mass is 19.3. The van der Waals surface area contributed by atoms with Crippen molar-refractivity contribution in [2.75, 3.05) is 19.7 Å². The molecule has 1 saturated carbocycles. The van der Waals surface area contributed by atoms with E-state index < -0.39 is 24.4 Å². The molecule has 0 radical (unpaired) electrons. The van der Waals surface area contributed by atoms with Gasteiger partial charge >= 0.3 is 5.97 Å². The summed E-state index contributed by atoms with van der Waals surface area (Å²) < 4.78 is 33.2. The van der Waals surface area contributed by atoms with Crippen molar-refractivity contribution in [3.63, 3.8) is 0 Å². The summed E-state index contributed by atoms with van der Waals surface area (Å²) in [6.07, 6.45) is -1.71. The van der Waals surface area contributed by atoms with Crippen molar-refractivity contribution < 1.29 is 28.2 Å². The van der Waals surface area contributed by atoms with E-state index in [0.29, 0.717) is 5.69 Å². The molecule has 3 heterocycles. The highest BCUT2D eigenvalue weighted by Crippen LogP contribution is 2.40. The monoisotopic (exact) mass is 380 g/mol. The molecule has 1 atom stereocenters. The number of halogens is 2. The molecular formula is C17H18F2N4O4. The van der Waals surface area contributed by atoms with Crippen LogP contribution in [0.2, 0.25) is 0 Å². The topological polar surface area (TPSA) is 97.0 Å². The lowest BCUT2D eigenvalue weighted by Crippen LogP contribution is -2.46. The molecule has 2 fully saturated rings. The van der Waals surface area contributed by atoms with Crippen LogP contribution in [0.4, 0.5) is 8.78 Å². The van der Waals surface area contributed by atoms with E-state index in [-0.39, 0.29) is 49.1 Å². The summed E-state index contributed by atoms with van der Waals surface area (Å²) in [5, 5.41) is 12.9. The molecule has 1 saturated heterocycles. The second-order valence-electron chi connectivity index (χ2n) is 6.82. The summed E-state index contributed by atoms with van der Waals surface area (Å²) in [6, 6.07) is 2.76. The minimum absolute atomic E-state index is 0.00771. The van der Waals surface area contributed by atoms with Gasteiger partial charge in [0.15, 0.2) is 11.3 Å². The molecule has 10 heteroatoms. The summed E-state index contributed by atoms with van der Waals surface area (Å²) in [5.41, 5.74) is 0.540. The average Bonchev–Trinajstić information content (AvgIpc) is 3.38. The van der Waals surface area contributed by atoms with Gasteiger partial charge in [0, 0.05) is 30.8 Å². The molecule has 27 heavy (non-hydrogen) atoms. The fourth-order valence-electron chi connectivity index (χ4n) is 3.25. The maximum absolute atomic E-state index is 13.4. The first-order chi connectivity index (χ1) is 12.9. The Balaban J connectivity index is 1.62. The first-order valence-corrected chi connectivity index (χ1v) is 8.74. The van der Waals surface area contributed by atoms with Gasteiger partial charge in [-0.15, -0.1) is 0 Å². The largest absolute Gasteiger partial charge is 0.481 e. The summed E-state index contributed by atoms with van der Waals surface area (Å²) >= 11 is 0. The number of carbonyl (C=O) groups is 2. The van der Waals surface area contributed by atoms with Crippen molar-refractivity contribution in [2.24, 2.45) is 0 Å². The van der Waals surface area contributed by atoms with Gasteiger partial charge in [-0.1, -0.05) is 0 Å². The number of carbonyl (C=O) groups excluding carboxylic acids is 1. The third kappa shape index (κ3) is 3.61. The number of aliphatic carboxylic acids is 1. The Labute approximate surface area is 152 Å². The Morgan fingerprint density at radius 3 is 2.78 bits per heavy atom. The van der Waals surface area contributed by atoms with Gasteiger partial charge in [0.2, 0.25) is 0 Å². The summed E-state index contributed by atoms with van der Waals surface area (Å²) in [5.74, 6) is -1.27. The quantitative estimate of drug-likeness (QED) is 0.850. The molecule has 8 nitrogen and oxygen atoms in total. The average molecular weight is 380 g/mol. The molecule has 2 aromatic heterocycles. The SMILES string of the molecule is O=C(O)CC1CN(C(=O)c2cc3nc(C4CC4)cc(C(F)F)n3n2)CCO1. The van der Waals surface area contributed by atoms with Gasteiger partial charge in [0.25, 0.3) is 12.3 Å². The van der Waals surface area contributed by atoms with Gasteiger partial charge in [0.1, 0.15) is 5.69 Å². The van der Waals surface area contributed by atoms with E-state index in [1.165, 1.54) is 17.0 Å². The number of alkyl halides is 2. The second kappa shape index (κ2) is 6.84. The molecule has 4 rings (SSSR count). The van der Waals surface area contributed by atoms with Gasteiger partial charge in [-0.2, -0.15) is 5.10 Å². The smallest absolute Gasteiger partial charge is 0.306 e. The number of fused-ring (bicyclic) bond motifs is 1. The number of nitrogens with zero attached hydrogens (tertiary/aromatic N) is 4. The van der Waals surface area contributed by atoms with E-state index in [4.69, 9.17) is 9.84 Å². The van der Waals surface area contributed by atoms with Gasteiger partial charge < -0.3 is 14.7 Å². The van der Waals surface area contributed by atoms with Crippen molar-refractivity contribution >= 4 is 17.5 Å². The fraction of sp³-hybridized carbons (Fsp3) is 0.529. The van der Waals surface area contributed by atoms with Crippen LogP contribution in [-0.4, -0.2) is 62.3 Å². The zero-order chi connectivity index (χ0) is 19.1. The van der Waals surface area contributed by atoms with Crippen LogP contribution in [0, 0.1) is 0 Å². The van der Waals surface area contributed by atoms with Crippen molar-refractivity contribution in [3.05, 3.63) is 29.2 Å². The summed E-state index contributed by atoms with van der Waals surface area (Å²) in [6.45, 7) is 0.607. The van der Waals surface area contributed by atoms with Crippen LogP contribution in [-0.2, 0) is 9.53 Å². The van der Waals surface area contributed by atoms with Gasteiger partial charge in [0.05, 0.1) is 19.1 Å². The van der Waals surface area contributed by atoms with Gasteiger partial charge in [-0.3, -0.25) is 9.59 Å². The van der Waals surface area contributed by atoms with Crippen LogP contribution in [0.5, 0.6) is 0 Å². The fourth-order valence-corrected chi connectivity index (χ4v) is 3.25. The maximum Gasteiger partial charge on any atom is 0.306 e. The third-order valence-electron chi connectivity index (χ3n) is 4.74. The molecule has 1 aliphatic carbocycles. The summed E-state index contributed by atoms with van der Waals surface area (Å²) in [7, 11) is 0. The molecule has 1 N–H and O–H groups in total. The molecule has 0 spiro atoms. The molecule has 0 bridgehead atoms. The van der Waals surface area contributed by atoms with Crippen LogP contribution < -0.4 is 0 Å². The Bertz CT molecular complexity index is 896. The highest BCUT2D eigenvalue weighted by molar-refractivity contribution is 5.93. The maximum atomic E-state index is 13.4. The Hall–Kier alpha value is -2.62. The lowest BCUT2D eigenvalue weighted by Gasteiger charge is -2.31. The normalized spacial score (nSPS) is 20.4. The number of morpholine rings is 1. The molecule has 1 aliphatic heterocycles. The number of rotatable bonds is 5. The zero-order valence-electron chi connectivity index (χ0n) is 14.3. The van der Waals surface area contributed by atoms with Gasteiger partial charge in [-0.25, -0.2) is 18.3 Å². The molecule has 1 unspecified atom stereocenters. The first kappa shape index (κ1) is 17.8. The van der Waals surface area contributed by atoms with Crippen molar-refractivity contribution in [2.45, 2.75) is 37.7 Å². The van der Waals surface area contributed by atoms with E-state index in [0.717, 1.165) is 17.4 Å². The second-order valence-corrected chi connectivity index (χ2v) is 6.82.